The van der Waals surface area contributed by atoms with E-state index in [1.54, 1.807) is 25.4 Å². The van der Waals surface area contributed by atoms with E-state index in [9.17, 15) is 4.39 Å². The molecule has 7 heteroatoms. The van der Waals surface area contributed by atoms with Gasteiger partial charge in [-0.25, -0.2) is 9.37 Å². The molecule has 0 saturated heterocycles. The molecule has 0 aliphatic rings. The summed E-state index contributed by atoms with van der Waals surface area (Å²) in [7, 11) is 1.72. The minimum absolute atomic E-state index is 0.280. The summed E-state index contributed by atoms with van der Waals surface area (Å²) in [6.45, 7) is 4.68. The van der Waals surface area contributed by atoms with E-state index in [1.165, 1.54) is 12.1 Å². The van der Waals surface area contributed by atoms with Gasteiger partial charge in [-0.1, -0.05) is 0 Å². The van der Waals surface area contributed by atoms with Gasteiger partial charge in [-0.3, -0.25) is 4.99 Å². The molecule has 6 nitrogen and oxygen atoms in total. The first kappa shape index (κ1) is 17.9. The van der Waals surface area contributed by atoms with Crippen LogP contribution >= 0.6 is 0 Å². The zero-order chi connectivity index (χ0) is 17.2. The highest BCUT2D eigenvalue weighted by atomic mass is 19.1. The van der Waals surface area contributed by atoms with Crippen molar-refractivity contribution in [3.8, 4) is 11.5 Å². The number of hydrogen-bond acceptors (Lipinski definition) is 4. The van der Waals surface area contributed by atoms with Gasteiger partial charge in [0.25, 0.3) is 0 Å². The van der Waals surface area contributed by atoms with Crippen LogP contribution in [-0.4, -0.2) is 44.3 Å². The molecule has 0 unspecified atom stereocenters. The summed E-state index contributed by atoms with van der Waals surface area (Å²) in [4.78, 5) is 8.55. The standard InChI is InChI=1S/C17H23FN4O2/c1-3-23-11-10-21-17(19-2)20-9-8-15-12-24-16(22-15)13-4-6-14(18)7-5-13/h4-7,12H,3,8-11H2,1-2H3,(H2,19,20,21). The lowest BCUT2D eigenvalue weighted by Gasteiger charge is -2.11. The zero-order valence-electron chi connectivity index (χ0n) is 14.0. The molecule has 1 heterocycles. The van der Waals surface area contributed by atoms with E-state index in [-0.39, 0.29) is 5.82 Å². The van der Waals surface area contributed by atoms with Gasteiger partial charge in [0.2, 0.25) is 5.89 Å². The molecule has 0 saturated carbocycles. The highest BCUT2D eigenvalue weighted by Crippen LogP contribution is 2.18. The molecule has 0 amide bonds. The second-order valence-corrected chi connectivity index (χ2v) is 5.02. The van der Waals surface area contributed by atoms with Crippen LogP contribution in [0.4, 0.5) is 4.39 Å². The molecular weight excluding hydrogens is 311 g/mol. The van der Waals surface area contributed by atoms with Gasteiger partial charge in [0.1, 0.15) is 12.1 Å². The molecule has 24 heavy (non-hydrogen) atoms. The largest absolute Gasteiger partial charge is 0.444 e. The van der Waals surface area contributed by atoms with E-state index in [0.717, 1.165) is 17.2 Å². The van der Waals surface area contributed by atoms with Crippen molar-refractivity contribution in [2.45, 2.75) is 13.3 Å². The average molecular weight is 334 g/mol. The summed E-state index contributed by atoms with van der Waals surface area (Å²) in [6.07, 6.45) is 2.31. The number of rotatable bonds is 8. The van der Waals surface area contributed by atoms with Gasteiger partial charge >= 0.3 is 0 Å². The molecule has 2 aromatic rings. The van der Waals surface area contributed by atoms with Crippen molar-refractivity contribution in [1.82, 2.24) is 15.6 Å². The van der Waals surface area contributed by atoms with Crippen molar-refractivity contribution in [2.75, 3.05) is 33.4 Å². The van der Waals surface area contributed by atoms with E-state index in [0.29, 0.717) is 38.6 Å². The average Bonchev–Trinajstić information content (AvgIpc) is 3.06. The first-order valence-electron chi connectivity index (χ1n) is 7.95. The quantitative estimate of drug-likeness (QED) is 0.440. The Morgan fingerprint density at radius 3 is 2.71 bits per heavy atom. The molecule has 0 aliphatic heterocycles. The van der Waals surface area contributed by atoms with Gasteiger partial charge in [-0.05, 0) is 31.2 Å². The number of benzene rings is 1. The normalized spacial score (nSPS) is 11.5. The molecule has 0 radical (unpaired) electrons. The van der Waals surface area contributed by atoms with Gasteiger partial charge in [0, 0.05) is 38.7 Å². The van der Waals surface area contributed by atoms with Crippen LogP contribution in [0.1, 0.15) is 12.6 Å². The van der Waals surface area contributed by atoms with Crippen LogP contribution in [0.15, 0.2) is 39.9 Å². The van der Waals surface area contributed by atoms with E-state index < -0.39 is 0 Å². The van der Waals surface area contributed by atoms with Crippen LogP contribution in [0.5, 0.6) is 0 Å². The molecule has 1 aromatic heterocycles. The van der Waals surface area contributed by atoms with Crippen molar-refractivity contribution < 1.29 is 13.5 Å². The zero-order valence-corrected chi connectivity index (χ0v) is 14.0. The van der Waals surface area contributed by atoms with Gasteiger partial charge in [-0.2, -0.15) is 0 Å². The highest BCUT2D eigenvalue weighted by molar-refractivity contribution is 5.79. The maximum absolute atomic E-state index is 12.9. The molecule has 0 fully saturated rings. The second kappa shape index (κ2) is 9.67. The Balaban J connectivity index is 1.77. The molecule has 0 bridgehead atoms. The van der Waals surface area contributed by atoms with E-state index in [1.807, 2.05) is 6.92 Å². The number of hydrogen-bond donors (Lipinski definition) is 2. The smallest absolute Gasteiger partial charge is 0.226 e. The topological polar surface area (TPSA) is 71.7 Å². The van der Waals surface area contributed by atoms with Gasteiger partial charge in [0.05, 0.1) is 12.3 Å². The number of nitrogens with one attached hydrogen (secondary N) is 2. The Bertz CT molecular complexity index is 640. The van der Waals surface area contributed by atoms with E-state index in [2.05, 4.69) is 20.6 Å². The van der Waals surface area contributed by atoms with Gasteiger partial charge < -0.3 is 19.8 Å². The van der Waals surface area contributed by atoms with Crippen LogP contribution in [0, 0.1) is 5.82 Å². The highest BCUT2D eigenvalue weighted by Gasteiger charge is 2.07. The van der Waals surface area contributed by atoms with Crippen LogP contribution in [0.3, 0.4) is 0 Å². The minimum atomic E-state index is -0.280. The van der Waals surface area contributed by atoms with E-state index >= 15 is 0 Å². The summed E-state index contributed by atoms with van der Waals surface area (Å²) < 4.78 is 23.6. The SMILES string of the molecule is CCOCCNC(=NC)NCCc1coc(-c2ccc(F)cc2)n1. The number of guanidine groups is 1. The van der Waals surface area contributed by atoms with Gasteiger partial charge in [-0.15, -0.1) is 0 Å². The third-order valence-corrected chi connectivity index (χ3v) is 3.28. The van der Waals surface area contributed by atoms with Crippen LogP contribution in [0.2, 0.25) is 0 Å². The third-order valence-electron chi connectivity index (χ3n) is 3.28. The Morgan fingerprint density at radius 2 is 2.00 bits per heavy atom. The lowest BCUT2D eigenvalue weighted by Crippen LogP contribution is -2.39. The van der Waals surface area contributed by atoms with Crippen LogP contribution in [0.25, 0.3) is 11.5 Å². The number of ether oxygens (including phenoxy) is 1. The number of oxazole rings is 1. The minimum Gasteiger partial charge on any atom is -0.444 e. The molecule has 2 N–H and O–H groups in total. The Morgan fingerprint density at radius 1 is 1.25 bits per heavy atom. The molecule has 1 aromatic carbocycles. The maximum atomic E-state index is 12.9. The molecule has 0 aliphatic carbocycles. The summed E-state index contributed by atoms with van der Waals surface area (Å²) in [5, 5.41) is 6.36. The summed E-state index contributed by atoms with van der Waals surface area (Å²) in [5.74, 6) is 0.930. The molecule has 130 valence electrons. The molecule has 0 atom stereocenters. The molecular formula is C17H23FN4O2. The Labute approximate surface area is 141 Å². The Hall–Kier alpha value is -2.41. The number of halogens is 1. The second-order valence-electron chi connectivity index (χ2n) is 5.02. The van der Waals surface area contributed by atoms with E-state index in [4.69, 9.17) is 9.15 Å². The third kappa shape index (κ3) is 5.66. The fourth-order valence-electron chi connectivity index (χ4n) is 2.06. The number of nitrogens with zero attached hydrogens (tertiary/aromatic N) is 2. The first-order valence-corrected chi connectivity index (χ1v) is 7.95. The predicted molar refractivity (Wildman–Crippen MR) is 91.5 cm³/mol. The number of aliphatic imine (C=N–C) groups is 1. The number of aromatic nitrogens is 1. The summed E-state index contributed by atoms with van der Waals surface area (Å²) in [6, 6.07) is 6.07. The van der Waals surface area contributed by atoms with Crippen molar-refractivity contribution in [3.63, 3.8) is 0 Å². The Kier molecular flexibility index (Phi) is 7.22. The lowest BCUT2D eigenvalue weighted by molar-refractivity contribution is 0.152. The molecule has 0 spiro atoms. The lowest BCUT2D eigenvalue weighted by atomic mass is 10.2. The predicted octanol–water partition coefficient (Wildman–Crippen LogP) is 2.22. The first-order chi connectivity index (χ1) is 11.7. The van der Waals surface area contributed by atoms with Crippen LogP contribution in [-0.2, 0) is 11.2 Å². The van der Waals surface area contributed by atoms with Crippen molar-refractivity contribution in [1.29, 1.82) is 0 Å². The fourth-order valence-corrected chi connectivity index (χ4v) is 2.06. The molecule has 2 rings (SSSR count). The maximum Gasteiger partial charge on any atom is 0.226 e. The monoisotopic (exact) mass is 334 g/mol. The summed E-state index contributed by atoms with van der Waals surface area (Å²) in [5.41, 5.74) is 1.58. The van der Waals surface area contributed by atoms with Crippen molar-refractivity contribution in [3.05, 3.63) is 42.0 Å². The van der Waals surface area contributed by atoms with Crippen molar-refractivity contribution in [2.24, 2.45) is 4.99 Å². The van der Waals surface area contributed by atoms with Crippen molar-refractivity contribution >= 4 is 5.96 Å². The van der Waals surface area contributed by atoms with Gasteiger partial charge in [0.15, 0.2) is 5.96 Å². The summed E-state index contributed by atoms with van der Waals surface area (Å²) >= 11 is 0. The fraction of sp³-hybridized carbons (Fsp3) is 0.412. The van der Waals surface area contributed by atoms with Crippen LogP contribution < -0.4 is 10.6 Å².